The molecule has 0 fully saturated rings. The van der Waals surface area contributed by atoms with E-state index in [0.717, 1.165) is 37.1 Å². The lowest BCUT2D eigenvalue weighted by molar-refractivity contribution is 0.150. The van der Waals surface area contributed by atoms with Crippen LogP contribution in [0.25, 0.3) is 0 Å². The molecule has 0 bridgehead atoms. The summed E-state index contributed by atoms with van der Waals surface area (Å²) in [6.45, 7) is 1.60. The molecule has 3 nitrogen and oxygen atoms in total. The van der Waals surface area contributed by atoms with Crippen LogP contribution in [-0.2, 0) is 5.60 Å². The van der Waals surface area contributed by atoms with E-state index in [0.29, 0.717) is 5.84 Å². The highest BCUT2D eigenvalue weighted by molar-refractivity contribution is 5.94. The molecule has 0 radical (unpaired) electrons. The number of nitrogens with zero attached hydrogens (tertiary/aromatic N) is 1. The third kappa shape index (κ3) is 2.90. The Kier molecular flexibility index (Phi) is 4.54. The topological polar surface area (TPSA) is 44.6 Å². The van der Waals surface area contributed by atoms with Crippen LogP contribution in [0.5, 0.6) is 0 Å². The third-order valence-corrected chi connectivity index (χ3v) is 4.12. The van der Waals surface area contributed by atoms with Crippen LogP contribution in [-0.4, -0.2) is 24.0 Å². The lowest BCUT2D eigenvalue weighted by Crippen LogP contribution is -2.46. The van der Waals surface area contributed by atoms with Gasteiger partial charge in [0.05, 0.1) is 0 Å². The van der Waals surface area contributed by atoms with E-state index in [4.69, 9.17) is 0 Å². The van der Waals surface area contributed by atoms with Crippen LogP contribution in [0.3, 0.4) is 0 Å². The second kappa shape index (κ2) is 6.75. The van der Waals surface area contributed by atoms with Crippen molar-refractivity contribution in [2.75, 3.05) is 13.1 Å². The highest BCUT2D eigenvalue weighted by Gasteiger charge is 2.37. The molecule has 0 amide bonds. The molecule has 0 unspecified atom stereocenters. The normalized spacial score (nSPS) is 16.1. The summed E-state index contributed by atoms with van der Waals surface area (Å²) >= 11 is 0. The molecular formula is C19H22N2O. The van der Waals surface area contributed by atoms with Crippen LogP contribution in [0.2, 0.25) is 0 Å². The van der Waals surface area contributed by atoms with Gasteiger partial charge in [0.15, 0.2) is 5.60 Å². The van der Waals surface area contributed by atoms with E-state index >= 15 is 0 Å². The summed E-state index contributed by atoms with van der Waals surface area (Å²) in [6, 6.07) is 19.5. The van der Waals surface area contributed by atoms with E-state index < -0.39 is 5.60 Å². The van der Waals surface area contributed by atoms with Crippen LogP contribution < -0.4 is 5.32 Å². The van der Waals surface area contributed by atoms with Crippen LogP contribution >= 0.6 is 0 Å². The fourth-order valence-electron chi connectivity index (χ4n) is 2.91. The smallest absolute Gasteiger partial charge is 0.172 e. The number of hydrogen-bond donors (Lipinski definition) is 2. The maximum absolute atomic E-state index is 11.6. The molecule has 114 valence electrons. The molecule has 0 aliphatic carbocycles. The van der Waals surface area contributed by atoms with Gasteiger partial charge in [-0.15, -0.1) is 0 Å². The maximum Gasteiger partial charge on any atom is 0.172 e. The standard InChI is InChI=1S/C19H22N2O/c22-19(16-10-4-1-5-11-16,17-12-6-2-7-13-17)18-20-14-8-3-9-15-21-18/h1-2,4-7,10-13,22H,3,8-9,14-15H2,(H,20,21). The average molecular weight is 294 g/mol. The van der Waals surface area contributed by atoms with Gasteiger partial charge in [-0.25, -0.2) is 0 Å². The Hall–Kier alpha value is -2.13. The molecular weight excluding hydrogens is 272 g/mol. The highest BCUT2D eigenvalue weighted by atomic mass is 16.3. The lowest BCUT2D eigenvalue weighted by atomic mass is 9.84. The quantitative estimate of drug-likeness (QED) is 0.913. The summed E-state index contributed by atoms with van der Waals surface area (Å²) in [4.78, 5) is 4.66. The zero-order valence-corrected chi connectivity index (χ0v) is 12.7. The van der Waals surface area contributed by atoms with Crippen molar-refractivity contribution in [3.8, 4) is 0 Å². The fourth-order valence-corrected chi connectivity index (χ4v) is 2.91. The average Bonchev–Trinajstić information content (AvgIpc) is 2.55. The molecule has 2 aromatic carbocycles. The van der Waals surface area contributed by atoms with E-state index in [-0.39, 0.29) is 0 Å². The summed E-state index contributed by atoms with van der Waals surface area (Å²) in [5.41, 5.74) is 0.459. The Balaban J connectivity index is 2.10. The Labute approximate surface area is 131 Å². The van der Waals surface area contributed by atoms with Crippen molar-refractivity contribution < 1.29 is 5.11 Å². The van der Waals surface area contributed by atoms with Crippen LogP contribution in [0.15, 0.2) is 65.7 Å². The predicted molar refractivity (Wildman–Crippen MR) is 90.0 cm³/mol. The summed E-state index contributed by atoms with van der Waals surface area (Å²) < 4.78 is 0. The van der Waals surface area contributed by atoms with Gasteiger partial charge in [-0.2, -0.15) is 0 Å². The first-order chi connectivity index (χ1) is 10.8. The van der Waals surface area contributed by atoms with Crippen molar-refractivity contribution in [1.82, 2.24) is 5.32 Å². The number of aliphatic imine (C=N–C) groups is 1. The molecule has 0 atom stereocenters. The number of benzene rings is 2. The zero-order chi connectivity index (χ0) is 15.3. The van der Waals surface area contributed by atoms with Gasteiger partial charge in [-0.3, -0.25) is 4.99 Å². The van der Waals surface area contributed by atoms with Gasteiger partial charge in [-0.05, 0) is 30.4 Å². The number of nitrogens with one attached hydrogen (secondary N) is 1. The zero-order valence-electron chi connectivity index (χ0n) is 12.7. The number of rotatable bonds is 3. The van der Waals surface area contributed by atoms with Gasteiger partial charge in [0, 0.05) is 13.1 Å². The van der Waals surface area contributed by atoms with Gasteiger partial charge in [0.25, 0.3) is 0 Å². The van der Waals surface area contributed by atoms with Crippen LogP contribution in [0.4, 0.5) is 0 Å². The summed E-state index contributed by atoms with van der Waals surface area (Å²) in [6.07, 6.45) is 3.36. The lowest BCUT2D eigenvalue weighted by Gasteiger charge is -2.32. The minimum Gasteiger partial charge on any atom is -0.373 e. The first-order valence-corrected chi connectivity index (χ1v) is 7.94. The summed E-state index contributed by atoms with van der Waals surface area (Å²) in [5, 5.41) is 15.0. The van der Waals surface area contributed by atoms with Gasteiger partial charge < -0.3 is 10.4 Å². The van der Waals surface area contributed by atoms with E-state index in [1.165, 1.54) is 6.42 Å². The van der Waals surface area contributed by atoms with Gasteiger partial charge in [0.2, 0.25) is 0 Å². The molecule has 3 heteroatoms. The highest BCUT2D eigenvalue weighted by Crippen LogP contribution is 2.31. The van der Waals surface area contributed by atoms with Crippen LogP contribution in [0.1, 0.15) is 30.4 Å². The van der Waals surface area contributed by atoms with Crippen molar-refractivity contribution in [3.63, 3.8) is 0 Å². The molecule has 2 N–H and O–H groups in total. The monoisotopic (exact) mass is 294 g/mol. The fraction of sp³-hybridized carbons (Fsp3) is 0.316. The molecule has 0 spiro atoms. The van der Waals surface area contributed by atoms with Gasteiger partial charge >= 0.3 is 0 Å². The number of amidine groups is 1. The van der Waals surface area contributed by atoms with Crippen LogP contribution in [0, 0.1) is 0 Å². The molecule has 1 aliphatic rings. The molecule has 3 rings (SSSR count). The molecule has 1 aliphatic heterocycles. The van der Waals surface area contributed by atoms with E-state index in [9.17, 15) is 5.11 Å². The SMILES string of the molecule is OC(C1=NCCCCCN1)(c1ccccc1)c1ccccc1. The maximum atomic E-state index is 11.6. The predicted octanol–water partition coefficient (Wildman–Crippen LogP) is 3.09. The largest absolute Gasteiger partial charge is 0.373 e. The third-order valence-electron chi connectivity index (χ3n) is 4.12. The summed E-state index contributed by atoms with van der Waals surface area (Å²) in [7, 11) is 0. The van der Waals surface area contributed by atoms with E-state index in [2.05, 4.69) is 10.3 Å². The molecule has 22 heavy (non-hydrogen) atoms. The van der Waals surface area contributed by atoms with Crippen molar-refractivity contribution in [2.24, 2.45) is 4.99 Å². The van der Waals surface area contributed by atoms with E-state index in [1.54, 1.807) is 0 Å². The molecule has 1 heterocycles. The van der Waals surface area contributed by atoms with Crippen molar-refractivity contribution >= 4 is 5.84 Å². The van der Waals surface area contributed by atoms with Gasteiger partial charge in [0.1, 0.15) is 5.84 Å². The van der Waals surface area contributed by atoms with Crippen molar-refractivity contribution in [2.45, 2.75) is 24.9 Å². The Morgan fingerprint density at radius 1 is 0.818 bits per heavy atom. The first-order valence-electron chi connectivity index (χ1n) is 7.94. The minimum atomic E-state index is -1.22. The Morgan fingerprint density at radius 2 is 1.41 bits per heavy atom. The van der Waals surface area contributed by atoms with Gasteiger partial charge in [-0.1, -0.05) is 60.7 Å². The molecule has 0 aromatic heterocycles. The number of aliphatic hydroxyl groups is 1. The summed E-state index contributed by atoms with van der Waals surface area (Å²) in [5.74, 6) is 0.657. The molecule has 0 saturated heterocycles. The second-order valence-corrected chi connectivity index (χ2v) is 5.66. The Morgan fingerprint density at radius 3 is 2.00 bits per heavy atom. The second-order valence-electron chi connectivity index (χ2n) is 5.66. The van der Waals surface area contributed by atoms with Crippen molar-refractivity contribution in [1.29, 1.82) is 0 Å². The van der Waals surface area contributed by atoms with E-state index in [1.807, 2.05) is 60.7 Å². The molecule has 0 saturated carbocycles. The number of hydrogen-bond acceptors (Lipinski definition) is 3. The minimum absolute atomic E-state index is 0.657. The first kappa shape index (κ1) is 14.8. The van der Waals surface area contributed by atoms with Crippen molar-refractivity contribution in [3.05, 3.63) is 71.8 Å². The molecule has 2 aromatic rings. The Bertz CT molecular complexity index is 583.